The minimum Gasteiger partial charge on any atom is -0.497 e. The maximum absolute atomic E-state index is 5.50. The molecule has 1 atom stereocenters. The third-order valence-corrected chi connectivity index (χ3v) is 5.02. The molecule has 0 fully saturated rings. The van der Waals surface area contributed by atoms with E-state index in [1.807, 2.05) is 12.4 Å². The molecule has 4 rings (SSSR count). The van der Waals surface area contributed by atoms with Gasteiger partial charge in [-0.1, -0.05) is 43.7 Å². The number of benzene rings is 2. The van der Waals surface area contributed by atoms with Crippen molar-refractivity contribution >= 4 is 12.0 Å². The number of fused-ring (bicyclic) bond motifs is 3. The lowest BCUT2D eigenvalue weighted by Crippen LogP contribution is -2.34. The predicted molar refractivity (Wildman–Crippen MR) is 111 cm³/mol. The summed E-state index contributed by atoms with van der Waals surface area (Å²) in [6, 6.07) is 21.2. The number of aliphatic imine (C=N–C) groups is 1. The molecule has 2 heterocycles. The van der Waals surface area contributed by atoms with E-state index >= 15 is 0 Å². The molecule has 0 aliphatic carbocycles. The van der Waals surface area contributed by atoms with Crippen LogP contribution in [0.5, 0.6) is 5.75 Å². The molecule has 0 radical (unpaired) electrons. The summed E-state index contributed by atoms with van der Waals surface area (Å²) in [7, 11) is 1.71. The van der Waals surface area contributed by atoms with Crippen LogP contribution < -0.4 is 9.64 Å². The quantitative estimate of drug-likeness (QED) is 0.343. The minimum atomic E-state index is 0.0752. The highest BCUT2D eigenvalue weighted by Crippen LogP contribution is 2.42. The fourth-order valence-electron chi connectivity index (χ4n) is 3.65. The first-order valence-electron chi connectivity index (χ1n) is 9.52. The normalized spacial score (nSPS) is 15.6. The molecule has 1 aliphatic rings. The zero-order chi connectivity index (χ0) is 18.6. The van der Waals surface area contributed by atoms with Crippen molar-refractivity contribution in [3.63, 3.8) is 0 Å². The molecule has 2 aromatic carbocycles. The molecule has 1 unspecified atom stereocenters. The van der Waals surface area contributed by atoms with Crippen molar-refractivity contribution in [1.82, 2.24) is 4.57 Å². The van der Waals surface area contributed by atoms with E-state index in [0.29, 0.717) is 0 Å². The summed E-state index contributed by atoms with van der Waals surface area (Å²) in [5, 5.41) is 0. The molecule has 4 heteroatoms. The first-order valence-corrected chi connectivity index (χ1v) is 9.52. The molecule has 3 aromatic rings. The maximum atomic E-state index is 5.50. The Kier molecular flexibility index (Phi) is 4.97. The van der Waals surface area contributed by atoms with E-state index in [1.54, 1.807) is 7.11 Å². The number of rotatable bonds is 6. The van der Waals surface area contributed by atoms with Crippen molar-refractivity contribution in [3.05, 3.63) is 78.1 Å². The number of anilines is 1. The van der Waals surface area contributed by atoms with Gasteiger partial charge in [-0.15, -0.1) is 0 Å². The molecule has 0 amide bonds. The van der Waals surface area contributed by atoms with Crippen molar-refractivity contribution in [2.45, 2.75) is 25.8 Å². The monoisotopic (exact) mass is 359 g/mol. The van der Waals surface area contributed by atoms with Crippen LogP contribution in [0.4, 0.5) is 5.69 Å². The van der Waals surface area contributed by atoms with Crippen molar-refractivity contribution in [2.75, 3.05) is 18.6 Å². The van der Waals surface area contributed by atoms with Crippen molar-refractivity contribution in [3.8, 4) is 11.4 Å². The van der Waals surface area contributed by atoms with Gasteiger partial charge in [0.1, 0.15) is 11.8 Å². The van der Waals surface area contributed by atoms with Crippen LogP contribution >= 0.6 is 0 Å². The smallest absolute Gasteiger partial charge is 0.121 e. The van der Waals surface area contributed by atoms with Gasteiger partial charge < -0.3 is 14.2 Å². The lowest BCUT2D eigenvalue weighted by molar-refractivity contribution is 0.414. The molecule has 0 spiro atoms. The van der Waals surface area contributed by atoms with Gasteiger partial charge in [0, 0.05) is 18.8 Å². The van der Waals surface area contributed by atoms with E-state index in [2.05, 4.69) is 77.2 Å². The highest BCUT2D eigenvalue weighted by molar-refractivity contribution is 5.87. The molecule has 0 N–H and O–H groups in total. The van der Waals surface area contributed by atoms with Gasteiger partial charge >= 0.3 is 0 Å². The summed E-state index contributed by atoms with van der Waals surface area (Å²) in [5.74, 6) is 0.850. The van der Waals surface area contributed by atoms with Crippen molar-refractivity contribution in [2.24, 2.45) is 4.99 Å². The van der Waals surface area contributed by atoms with Gasteiger partial charge in [0.05, 0.1) is 30.5 Å². The number of unbranched alkanes of at least 4 members (excludes halogenated alkanes) is 1. The largest absolute Gasteiger partial charge is 0.497 e. The summed E-state index contributed by atoms with van der Waals surface area (Å²) in [4.78, 5) is 7.00. The number of ether oxygens (including phenoxy) is 1. The maximum Gasteiger partial charge on any atom is 0.121 e. The molecule has 1 aromatic heterocycles. The average molecular weight is 359 g/mol. The zero-order valence-corrected chi connectivity index (χ0v) is 15.9. The topological polar surface area (TPSA) is 29.8 Å². The molecule has 0 saturated heterocycles. The Morgan fingerprint density at radius 2 is 1.89 bits per heavy atom. The lowest BCUT2D eigenvalue weighted by atomic mass is 9.98. The van der Waals surface area contributed by atoms with Crippen LogP contribution in [-0.2, 0) is 0 Å². The third-order valence-electron chi connectivity index (χ3n) is 5.02. The Bertz CT molecular complexity index is 930. The minimum absolute atomic E-state index is 0.0752. The average Bonchev–Trinajstić information content (AvgIpc) is 3.20. The molecule has 4 nitrogen and oxygen atoms in total. The number of aromatic nitrogens is 1. The first kappa shape index (κ1) is 17.4. The number of nitrogens with zero attached hydrogens (tertiary/aromatic N) is 3. The molecular formula is C23H25N3O. The highest BCUT2D eigenvalue weighted by Gasteiger charge is 2.31. The van der Waals surface area contributed by atoms with Gasteiger partial charge in [-0.05, 0) is 36.2 Å². The van der Waals surface area contributed by atoms with Crippen LogP contribution in [0.25, 0.3) is 5.69 Å². The summed E-state index contributed by atoms with van der Waals surface area (Å²) in [6.45, 7) is 3.03. The second-order valence-corrected chi connectivity index (χ2v) is 6.75. The van der Waals surface area contributed by atoms with Crippen LogP contribution in [0, 0.1) is 0 Å². The van der Waals surface area contributed by atoms with Crippen molar-refractivity contribution in [1.29, 1.82) is 0 Å². The fraction of sp³-hybridized carbons (Fsp3) is 0.261. The van der Waals surface area contributed by atoms with Crippen LogP contribution in [0.3, 0.4) is 0 Å². The van der Waals surface area contributed by atoms with Crippen LogP contribution in [-0.4, -0.2) is 24.6 Å². The molecule has 1 aliphatic heterocycles. The lowest BCUT2D eigenvalue weighted by Gasteiger charge is -2.37. The van der Waals surface area contributed by atoms with E-state index in [4.69, 9.17) is 9.73 Å². The van der Waals surface area contributed by atoms with Gasteiger partial charge in [0.25, 0.3) is 0 Å². The molecule has 0 bridgehead atoms. The summed E-state index contributed by atoms with van der Waals surface area (Å²) in [5.41, 5.74) is 4.73. The Balaban J connectivity index is 1.87. The van der Waals surface area contributed by atoms with Gasteiger partial charge in [-0.3, -0.25) is 4.99 Å². The highest BCUT2D eigenvalue weighted by atomic mass is 16.5. The fourth-order valence-corrected chi connectivity index (χ4v) is 3.65. The molecule has 27 heavy (non-hydrogen) atoms. The molecular weight excluding hydrogens is 334 g/mol. The van der Waals surface area contributed by atoms with Crippen LogP contribution in [0.2, 0.25) is 0 Å². The first-order chi connectivity index (χ1) is 13.3. The summed E-state index contributed by atoms with van der Waals surface area (Å²) < 4.78 is 7.77. The summed E-state index contributed by atoms with van der Waals surface area (Å²) >= 11 is 0. The van der Waals surface area contributed by atoms with Crippen LogP contribution in [0.15, 0.2) is 71.9 Å². The number of hydrogen-bond acceptors (Lipinski definition) is 2. The Morgan fingerprint density at radius 3 is 2.67 bits per heavy atom. The summed E-state index contributed by atoms with van der Waals surface area (Å²) in [6.07, 6.45) is 6.37. The van der Waals surface area contributed by atoms with Gasteiger partial charge in [0.2, 0.25) is 0 Å². The van der Waals surface area contributed by atoms with E-state index in [0.717, 1.165) is 36.5 Å². The van der Waals surface area contributed by atoms with Crippen LogP contribution in [0.1, 0.15) is 37.1 Å². The Morgan fingerprint density at radius 1 is 1.04 bits per heavy atom. The van der Waals surface area contributed by atoms with E-state index in [-0.39, 0.29) is 6.04 Å². The molecule has 138 valence electrons. The number of methoxy groups -OCH3 is 1. The standard InChI is InChI=1S/C23H25N3O/c1-3-4-14-24-17-26-22-16-19(27-2)12-13-20(22)25-15-8-11-21(25)23(26)18-9-6-5-7-10-18/h5-13,15-17,23H,3-4,14H2,1-2H3. The Hall–Kier alpha value is -3.01. The zero-order valence-electron chi connectivity index (χ0n) is 15.9. The SMILES string of the molecule is CCCCN=CN1c2cc(OC)ccc2-n2cccc2C1c1ccccc1. The second kappa shape index (κ2) is 7.70. The third kappa shape index (κ3) is 3.23. The van der Waals surface area contributed by atoms with Crippen molar-refractivity contribution < 1.29 is 4.74 Å². The molecule has 0 saturated carbocycles. The van der Waals surface area contributed by atoms with E-state index < -0.39 is 0 Å². The van der Waals surface area contributed by atoms with E-state index in [9.17, 15) is 0 Å². The van der Waals surface area contributed by atoms with Gasteiger partial charge in [-0.2, -0.15) is 0 Å². The number of hydrogen-bond donors (Lipinski definition) is 0. The Labute approximate surface area is 160 Å². The predicted octanol–water partition coefficient (Wildman–Crippen LogP) is 5.22. The van der Waals surface area contributed by atoms with E-state index in [1.165, 1.54) is 11.3 Å². The second-order valence-electron chi connectivity index (χ2n) is 6.75. The van der Waals surface area contributed by atoms with Gasteiger partial charge in [-0.25, -0.2) is 0 Å². The van der Waals surface area contributed by atoms with Gasteiger partial charge in [0.15, 0.2) is 0 Å².